The highest BCUT2D eigenvalue weighted by Gasteiger charge is 2.74. The third kappa shape index (κ3) is 2.17. The van der Waals surface area contributed by atoms with Crippen LogP contribution in [0.3, 0.4) is 0 Å². The summed E-state index contributed by atoms with van der Waals surface area (Å²) in [6.45, 7) is 0. The molecule has 4 aliphatic rings. The summed E-state index contributed by atoms with van der Waals surface area (Å²) in [4.78, 5) is 52.1. The van der Waals surface area contributed by atoms with Crippen molar-refractivity contribution >= 4 is 23.5 Å². The average molecular weight is 440 g/mol. The van der Waals surface area contributed by atoms with E-state index in [1.54, 1.807) is 48.5 Å². The molecule has 7 rings (SSSR count). The molecular formula is C25H16N2O6. The van der Waals surface area contributed by atoms with Crippen molar-refractivity contribution in [1.82, 2.24) is 0 Å². The van der Waals surface area contributed by atoms with Crippen LogP contribution in [0.1, 0.15) is 38.5 Å². The number of hydrogen-bond acceptors (Lipinski definition) is 5. The lowest BCUT2D eigenvalue weighted by molar-refractivity contribution is -0.578. The van der Waals surface area contributed by atoms with E-state index in [0.29, 0.717) is 22.3 Å². The summed E-state index contributed by atoms with van der Waals surface area (Å²) in [5, 5.41) is 22.0. The summed E-state index contributed by atoms with van der Waals surface area (Å²) >= 11 is 0. The molecule has 0 spiro atoms. The lowest BCUT2D eigenvalue weighted by Crippen LogP contribution is -2.57. The number of nitrogens with zero attached hydrogens (tertiary/aromatic N) is 2. The zero-order valence-electron chi connectivity index (χ0n) is 17.0. The second kappa shape index (κ2) is 6.35. The molecule has 8 nitrogen and oxygen atoms in total. The summed E-state index contributed by atoms with van der Waals surface area (Å²) in [5.41, 5.74) is 0.618. The van der Waals surface area contributed by atoms with Crippen molar-refractivity contribution in [3.63, 3.8) is 0 Å². The molecule has 8 heteroatoms. The fourth-order valence-electron chi connectivity index (χ4n) is 6.05. The van der Waals surface area contributed by atoms with E-state index in [0.717, 1.165) is 4.90 Å². The minimum absolute atomic E-state index is 0.0110. The predicted molar refractivity (Wildman–Crippen MR) is 115 cm³/mol. The van der Waals surface area contributed by atoms with Gasteiger partial charge in [-0.15, -0.1) is 0 Å². The van der Waals surface area contributed by atoms with Gasteiger partial charge in [0.15, 0.2) is 0 Å². The Bertz CT molecular complexity index is 1350. The van der Waals surface area contributed by atoms with Gasteiger partial charge < -0.3 is 5.11 Å². The second-order valence-electron chi connectivity index (χ2n) is 8.54. The third-order valence-electron chi connectivity index (χ3n) is 7.23. The van der Waals surface area contributed by atoms with Crippen LogP contribution >= 0.6 is 0 Å². The van der Waals surface area contributed by atoms with E-state index in [1.165, 1.54) is 24.3 Å². The van der Waals surface area contributed by atoms with Crippen molar-refractivity contribution in [3.8, 4) is 0 Å². The maximum Gasteiger partial charge on any atom is 0.335 e. The van der Waals surface area contributed by atoms with Crippen molar-refractivity contribution in [3.05, 3.63) is 111 Å². The first kappa shape index (κ1) is 19.4. The number of imide groups is 1. The van der Waals surface area contributed by atoms with Crippen LogP contribution in [0.25, 0.3) is 0 Å². The Kier molecular flexibility index (Phi) is 3.73. The van der Waals surface area contributed by atoms with Crippen molar-refractivity contribution in [2.75, 3.05) is 4.90 Å². The second-order valence-corrected chi connectivity index (χ2v) is 8.54. The third-order valence-corrected chi connectivity index (χ3v) is 7.23. The molecule has 1 fully saturated rings. The fourth-order valence-corrected chi connectivity index (χ4v) is 6.05. The molecule has 2 atom stereocenters. The summed E-state index contributed by atoms with van der Waals surface area (Å²) < 4.78 is 0. The van der Waals surface area contributed by atoms with E-state index >= 15 is 0 Å². The van der Waals surface area contributed by atoms with Gasteiger partial charge in [-0.25, -0.2) is 9.69 Å². The molecule has 3 aromatic rings. The standard InChI is InChI=1S/C25H16N2O6/c28-22-20-19-15-5-1-3-7-17(15)25(27(32)33,18-8-4-2-6-16(18)19)21(20)23(29)26(22)14-11-9-13(10-12-14)24(30)31/h1-12,19-21H,(H,30,31). The number of rotatable bonds is 3. The Labute approximate surface area is 187 Å². The van der Waals surface area contributed by atoms with Crippen LogP contribution in [-0.2, 0) is 15.1 Å². The highest BCUT2D eigenvalue weighted by atomic mass is 16.6. The molecule has 1 heterocycles. The molecule has 2 bridgehead atoms. The topological polar surface area (TPSA) is 118 Å². The number of amides is 2. The Morgan fingerprint density at radius 3 is 1.94 bits per heavy atom. The van der Waals surface area contributed by atoms with Gasteiger partial charge in [-0.3, -0.25) is 19.7 Å². The average Bonchev–Trinajstić information content (AvgIpc) is 3.09. The monoisotopic (exact) mass is 440 g/mol. The van der Waals surface area contributed by atoms with Crippen LogP contribution in [-0.4, -0.2) is 27.8 Å². The van der Waals surface area contributed by atoms with Gasteiger partial charge in [0.25, 0.3) is 5.54 Å². The molecule has 0 saturated carbocycles. The molecule has 1 N–H and O–H groups in total. The largest absolute Gasteiger partial charge is 0.478 e. The Morgan fingerprint density at radius 1 is 0.879 bits per heavy atom. The number of carboxylic acid groups (broad SMARTS) is 1. The maximum absolute atomic E-state index is 13.8. The van der Waals surface area contributed by atoms with Crippen LogP contribution in [0.15, 0.2) is 72.8 Å². The summed E-state index contributed by atoms with van der Waals surface area (Å²) in [6, 6.07) is 19.3. The molecule has 0 radical (unpaired) electrons. The van der Waals surface area contributed by atoms with Crippen LogP contribution in [0, 0.1) is 22.0 Å². The van der Waals surface area contributed by atoms with E-state index in [-0.39, 0.29) is 11.3 Å². The smallest absolute Gasteiger partial charge is 0.335 e. The van der Waals surface area contributed by atoms with E-state index in [4.69, 9.17) is 5.11 Å². The van der Waals surface area contributed by atoms with E-state index in [9.17, 15) is 24.5 Å². The van der Waals surface area contributed by atoms with Crippen LogP contribution in [0.4, 0.5) is 5.69 Å². The van der Waals surface area contributed by atoms with Gasteiger partial charge in [0.1, 0.15) is 5.92 Å². The predicted octanol–water partition coefficient (Wildman–Crippen LogP) is 3.17. The summed E-state index contributed by atoms with van der Waals surface area (Å²) in [7, 11) is 0. The molecule has 1 saturated heterocycles. The number of carbonyl (C=O) groups is 3. The number of carbonyl (C=O) groups excluding carboxylic acids is 2. The van der Waals surface area contributed by atoms with Gasteiger partial charge in [-0.05, 0) is 35.4 Å². The first-order chi connectivity index (χ1) is 15.9. The van der Waals surface area contributed by atoms with E-state index in [1.807, 2.05) is 0 Å². The molecule has 33 heavy (non-hydrogen) atoms. The first-order valence-corrected chi connectivity index (χ1v) is 10.4. The zero-order chi connectivity index (χ0) is 23.1. The molecule has 2 amide bonds. The minimum Gasteiger partial charge on any atom is -0.478 e. The molecule has 3 aliphatic carbocycles. The Morgan fingerprint density at radius 2 is 1.42 bits per heavy atom. The van der Waals surface area contributed by atoms with Gasteiger partial charge in [0.2, 0.25) is 11.8 Å². The van der Waals surface area contributed by atoms with Crippen LogP contribution in [0.5, 0.6) is 0 Å². The maximum atomic E-state index is 13.8. The van der Waals surface area contributed by atoms with Crippen molar-refractivity contribution in [2.24, 2.45) is 11.8 Å². The molecule has 0 aromatic heterocycles. The Hall–Kier alpha value is -4.33. The molecule has 1 aliphatic heterocycles. The first-order valence-electron chi connectivity index (χ1n) is 10.4. The van der Waals surface area contributed by atoms with Crippen molar-refractivity contribution in [1.29, 1.82) is 0 Å². The lowest BCUT2D eigenvalue weighted by Gasteiger charge is -2.48. The Balaban J connectivity index is 1.61. The highest BCUT2D eigenvalue weighted by Crippen LogP contribution is 2.64. The van der Waals surface area contributed by atoms with Gasteiger partial charge in [-0.2, -0.15) is 0 Å². The van der Waals surface area contributed by atoms with Gasteiger partial charge in [0.05, 0.1) is 17.2 Å². The van der Waals surface area contributed by atoms with Crippen molar-refractivity contribution in [2.45, 2.75) is 11.5 Å². The number of aromatic carboxylic acids is 1. The zero-order valence-corrected chi connectivity index (χ0v) is 17.0. The SMILES string of the molecule is O=C(O)c1ccc(N2C(=O)C3C4c5ccccc5C([N+](=O)[O-])(c5ccccc54)C3C2=O)cc1. The van der Waals surface area contributed by atoms with Crippen molar-refractivity contribution < 1.29 is 24.4 Å². The van der Waals surface area contributed by atoms with Gasteiger partial charge >= 0.3 is 5.97 Å². The fraction of sp³-hybridized carbons (Fsp3) is 0.160. The normalized spacial score (nSPS) is 26.5. The van der Waals surface area contributed by atoms with Crippen LogP contribution in [0.2, 0.25) is 0 Å². The molecule has 162 valence electrons. The van der Waals surface area contributed by atoms with E-state index in [2.05, 4.69) is 0 Å². The number of nitro groups is 1. The van der Waals surface area contributed by atoms with Gasteiger partial charge in [-0.1, -0.05) is 48.5 Å². The van der Waals surface area contributed by atoms with Gasteiger partial charge in [0, 0.05) is 22.0 Å². The molecule has 2 unspecified atom stereocenters. The summed E-state index contributed by atoms with van der Waals surface area (Å²) in [6.07, 6.45) is 0. The quantitative estimate of drug-likeness (QED) is 0.380. The summed E-state index contributed by atoms with van der Waals surface area (Å²) in [5.74, 6) is -4.89. The minimum atomic E-state index is -1.88. The van der Waals surface area contributed by atoms with Crippen LogP contribution < -0.4 is 4.90 Å². The number of hydrogen-bond donors (Lipinski definition) is 1. The number of benzene rings is 3. The van der Waals surface area contributed by atoms with E-state index < -0.39 is 46.0 Å². The number of carboxylic acids is 1. The lowest BCUT2D eigenvalue weighted by atomic mass is 9.51. The highest BCUT2D eigenvalue weighted by molar-refractivity contribution is 6.23. The molecule has 3 aromatic carbocycles. The molecular weight excluding hydrogens is 424 g/mol. The number of anilines is 1.